The van der Waals surface area contributed by atoms with E-state index >= 15 is 0 Å². The largest absolute Gasteiger partial charge is 2.00 e. The third-order valence-electron chi connectivity index (χ3n) is 2.95. The minimum absolute atomic E-state index is 0. The van der Waals surface area contributed by atoms with E-state index in [1.54, 1.807) is 12.1 Å². The monoisotopic (exact) mass is 485 g/mol. The number of halogens is 1. The number of hydrogen-bond donors (Lipinski definition) is 0. The summed E-state index contributed by atoms with van der Waals surface area (Å²) in [7, 11) is -0.749. The van der Waals surface area contributed by atoms with Crippen LogP contribution in [0.25, 0.3) is 10.8 Å². The fraction of sp³-hybridized carbons (Fsp3) is 0.333. The van der Waals surface area contributed by atoms with Crippen LogP contribution in [0.2, 0.25) is 0 Å². The van der Waals surface area contributed by atoms with E-state index < -0.39 is 10.2 Å². The van der Waals surface area contributed by atoms with E-state index in [1.807, 2.05) is 6.07 Å². The third kappa shape index (κ3) is 16.3. The van der Waals surface area contributed by atoms with Gasteiger partial charge in [-0.2, -0.15) is 28.7 Å². The summed E-state index contributed by atoms with van der Waals surface area (Å²) < 4.78 is 34.0. The molecule has 0 amide bonds. The smallest absolute Gasteiger partial charge is 0.305 e. The standard InChI is InChI=1S/C14H16N.2C2H3N.ClHO4.Pd/c1-11(15(2)3)13-10-6-8-12-7-4-5-9-14(12)13;2*1-2-3;2-1(3,4)5;/h4-9,11H,1-3H3;2*1H3;(H,2,3,4,5);/q-1;;;;+2/p-1/t11-;;;;/m1..../s1. The summed E-state index contributed by atoms with van der Waals surface area (Å²) in [5, 5.41) is 17.2. The molecule has 2 aromatic rings. The molecule has 0 saturated heterocycles. The summed E-state index contributed by atoms with van der Waals surface area (Å²) in [4.78, 5) is 2.21. The Morgan fingerprint density at radius 1 is 1.00 bits per heavy atom. The average Bonchev–Trinajstić information content (AvgIpc) is 2.53. The van der Waals surface area contributed by atoms with E-state index in [4.69, 9.17) is 29.2 Å². The van der Waals surface area contributed by atoms with Crippen LogP contribution in [0.15, 0.2) is 36.4 Å². The predicted octanol–water partition coefficient (Wildman–Crippen LogP) is -0.436. The number of hydrogen-bond acceptors (Lipinski definition) is 7. The molecule has 0 fully saturated rings. The fourth-order valence-electron chi connectivity index (χ4n) is 1.79. The van der Waals surface area contributed by atoms with Gasteiger partial charge in [0.2, 0.25) is 0 Å². The molecule has 0 N–H and O–H groups in total. The first-order chi connectivity index (χ1) is 12.0. The first-order valence-corrected chi connectivity index (χ1v) is 8.56. The SMILES string of the molecule is CC#N.CC#N.C[C@H](c1[c-]ccc2ccccc12)N(C)C.[O-][Cl+3]([O-])([O-])[O-].[Pd+2]. The van der Waals surface area contributed by atoms with Crippen molar-refractivity contribution in [2.75, 3.05) is 14.1 Å². The van der Waals surface area contributed by atoms with Crippen LogP contribution in [0.3, 0.4) is 0 Å². The molecule has 7 nitrogen and oxygen atoms in total. The summed E-state index contributed by atoms with van der Waals surface area (Å²) in [6.45, 7) is 5.07. The Balaban J connectivity index is -0.000000404. The van der Waals surface area contributed by atoms with Crippen LogP contribution in [0.4, 0.5) is 0 Å². The molecule has 2 aromatic carbocycles. The molecule has 0 spiro atoms. The number of benzene rings is 2. The molecule has 0 radical (unpaired) electrons. The average molecular weight is 486 g/mol. The van der Waals surface area contributed by atoms with Gasteiger partial charge in [0.15, 0.2) is 0 Å². The maximum atomic E-state index is 8.49. The van der Waals surface area contributed by atoms with E-state index in [0.717, 1.165) is 0 Å². The molecule has 0 aliphatic rings. The molecule has 0 aliphatic heterocycles. The maximum absolute atomic E-state index is 8.49. The summed E-state index contributed by atoms with van der Waals surface area (Å²) in [5.41, 5.74) is 1.28. The second kappa shape index (κ2) is 16.6. The molecular formula is C18H22ClN3O4Pd. The molecule has 9 heteroatoms. The zero-order chi connectivity index (χ0) is 20.8. The van der Waals surface area contributed by atoms with Crippen molar-refractivity contribution in [1.29, 1.82) is 10.5 Å². The van der Waals surface area contributed by atoms with Gasteiger partial charge in [-0.05, 0) is 21.0 Å². The Bertz CT molecular complexity index is 702. The normalized spacial score (nSPS) is 10.2. The second-order valence-electron chi connectivity index (χ2n) is 4.94. The molecule has 2 rings (SSSR count). The molecule has 1 atom stereocenters. The van der Waals surface area contributed by atoms with Gasteiger partial charge < -0.3 is 4.90 Å². The minimum atomic E-state index is -4.94. The summed E-state index contributed by atoms with van der Waals surface area (Å²) in [6, 6.07) is 19.9. The summed E-state index contributed by atoms with van der Waals surface area (Å²) in [6.07, 6.45) is 0. The van der Waals surface area contributed by atoms with Crippen molar-refractivity contribution >= 4 is 10.8 Å². The van der Waals surface area contributed by atoms with Crippen molar-refractivity contribution in [3.05, 3.63) is 48.0 Å². The van der Waals surface area contributed by atoms with Crippen molar-refractivity contribution in [2.45, 2.75) is 26.8 Å². The van der Waals surface area contributed by atoms with Crippen LogP contribution in [-0.2, 0) is 20.4 Å². The first-order valence-electron chi connectivity index (χ1n) is 7.32. The molecule has 150 valence electrons. The van der Waals surface area contributed by atoms with Gasteiger partial charge in [0.1, 0.15) is 0 Å². The molecule has 0 aliphatic carbocycles. The van der Waals surface area contributed by atoms with E-state index in [2.05, 4.69) is 62.3 Å². The second-order valence-corrected chi connectivity index (χ2v) is 5.70. The van der Waals surface area contributed by atoms with Crippen LogP contribution in [0.5, 0.6) is 0 Å². The Morgan fingerprint density at radius 2 is 1.41 bits per heavy atom. The summed E-state index contributed by atoms with van der Waals surface area (Å²) >= 11 is 0. The van der Waals surface area contributed by atoms with Gasteiger partial charge in [0.05, 0.1) is 12.1 Å². The Hall–Kier alpha value is -1.57. The quantitative estimate of drug-likeness (QED) is 0.414. The van der Waals surface area contributed by atoms with E-state index in [-0.39, 0.29) is 20.4 Å². The zero-order valence-corrected chi connectivity index (χ0v) is 18.0. The van der Waals surface area contributed by atoms with Crippen molar-refractivity contribution in [2.24, 2.45) is 0 Å². The van der Waals surface area contributed by atoms with E-state index in [1.165, 1.54) is 30.2 Å². The number of nitriles is 2. The van der Waals surface area contributed by atoms with Crippen LogP contribution in [-0.4, -0.2) is 19.0 Å². The molecule has 0 saturated carbocycles. The van der Waals surface area contributed by atoms with Crippen molar-refractivity contribution in [3.63, 3.8) is 0 Å². The van der Waals surface area contributed by atoms with E-state index in [9.17, 15) is 0 Å². The molecule has 0 bridgehead atoms. The van der Waals surface area contributed by atoms with Gasteiger partial charge in [-0.25, -0.2) is 18.6 Å². The number of rotatable bonds is 2. The van der Waals surface area contributed by atoms with Gasteiger partial charge >= 0.3 is 20.4 Å². The van der Waals surface area contributed by atoms with Crippen molar-refractivity contribution < 1.29 is 49.3 Å². The maximum Gasteiger partial charge on any atom is 2.00 e. The minimum Gasteiger partial charge on any atom is -0.305 e. The van der Waals surface area contributed by atoms with Crippen LogP contribution in [0.1, 0.15) is 32.4 Å². The molecule has 0 heterocycles. The Labute approximate surface area is 176 Å². The van der Waals surface area contributed by atoms with Crippen LogP contribution >= 0.6 is 0 Å². The first kappa shape index (κ1) is 30.2. The van der Waals surface area contributed by atoms with Crippen LogP contribution in [0, 0.1) is 39.0 Å². The zero-order valence-electron chi connectivity index (χ0n) is 15.7. The van der Waals surface area contributed by atoms with E-state index in [0.29, 0.717) is 6.04 Å². The predicted molar refractivity (Wildman–Crippen MR) is 87.5 cm³/mol. The molecule has 0 aromatic heterocycles. The topological polar surface area (TPSA) is 143 Å². The van der Waals surface area contributed by atoms with Gasteiger partial charge in [-0.15, -0.1) is 32.6 Å². The van der Waals surface area contributed by atoms with Crippen molar-refractivity contribution in [3.8, 4) is 12.1 Å². The third-order valence-corrected chi connectivity index (χ3v) is 2.95. The van der Waals surface area contributed by atoms with Gasteiger partial charge in [0, 0.05) is 19.9 Å². The summed E-state index contributed by atoms with van der Waals surface area (Å²) in [5.74, 6) is 0. The van der Waals surface area contributed by atoms with Gasteiger partial charge in [-0.3, -0.25) is 0 Å². The number of fused-ring (bicyclic) bond motifs is 1. The Kier molecular flexibility index (Phi) is 18.5. The number of nitrogens with zero attached hydrogens (tertiary/aromatic N) is 3. The van der Waals surface area contributed by atoms with Crippen molar-refractivity contribution in [1.82, 2.24) is 4.90 Å². The molecular weight excluding hydrogens is 464 g/mol. The Morgan fingerprint density at radius 3 is 1.81 bits per heavy atom. The fourth-order valence-corrected chi connectivity index (χ4v) is 1.79. The van der Waals surface area contributed by atoms with Gasteiger partial charge in [-0.1, -0.05) is 18.2 Å². The molecule has 0 unspecified atom stereocenters. The van der Waals surface area contributed by atoms with Gasteiger partial charge in [0.25, 0.3) is 0 Å². The molecule has 27 heavy (non-hydrogen) atoms. The van der Waals surface area contributed by atoms with Crippen LogP contribution < -0.4 is 18.6 Å².